The van der Waals surface area contributed by atoms with Crippen LogP contribution in [-0.4, -0.2) is 75.0 Å². The summed E-state index contributed by atoms with van der Waals surface area (Å²) in [5, 5.41) is 40.7. The molecule has 4 N–H and O–H groups in total. The average molecular weight is 469 g/mol. The van der Waals surface area contributed by atoms with Crippen molar-refractivity contribution in [3.63, 3.8) is 0 Å². The van der Waals surface area contributed by atoms with Crippen LogP contribution in [0.4, 0.5) is 0 Å². The monoisotopic (exact) mass is 468 g/mol. The van der Waals surface area contributed by atoms with Crippen LogP contribution in [0.5, 0.6) is 0 Å². The minimum atomic E-state index is -1.44. The highest BCUT2D eigenvalue weighted by atomic mass is 16.7. The molecule has 33 heavy (non-hydrogen) atoms. The van der Waals surface area contributed by atoms with Crippen molar-refractivity contribution in [1.29, 1.82) is 0 Å². The van der Waals surface area contributed by atoms with Crippen LogP contribution in [0.2, 0.25) is 0 Å². The van der Waals surface area contributed by atoms with Gasteiger partial charge in [0.1, 0.15) is 24.4 Å². The van der Waals surface area contributed by atoms with Gasteiger partial charge in [0, 0.05) is 5.41 Å². The van der Waals surface area contributed by atoms with Crippen molar-refractivity contribution >= 4 is 0 Å². The lowest BCUT2D eigenvalue weighted by Crippen LogP contribution is -2.68. The van der Waals surface area contributed by atoms with Gasteiger partial charge in [-0.2, -0.15) is 0 Å². The Morgan fingerprint density at radius 1 is 0.909 bits per heavy atom. The lowest BCUT2D eigenvalue weighted by molar-refractivity contribution is -0.344. The maximum absolute atomic E-state index is 10.6. The molecule has 7 heteroatoms. The van der Waals surface area contributed by atoms with E-state index in [0.29, 0.717) is 5.92 Å². The van der Waals surface area contributed by atoms with E-state index in [9.17, 15) is 20.4 Å². The Morgan fingerprint density at radius 2 is 1.58 bits per heavy atom. The second-order valence-electron chi connectivity index (χ2n) is 12.3. The van der Waals surface area contributed by atoms with Crippen LogP contribution < -0.4 is 0 Å². The molecule has 11 unspecified atom stereocenters. The molecule has 2 saturated carbocycles. The Labute approximate surface area is 198 Å². The van der Waals surface area contributed by atoms with Gasteiger partial charge in [0.15, 0.2) is 6.29 Å². The summed E-state index contributed by atoms with van der Waals surface area (Å²) in [7, 11) is 0. The summed E-state index contributed by atoms with van der Waals surface area (Å²) in [5.74, 6) is 0.662. The molecule has 4 fully saturated rings. The van der Waals surface area contributed by atoms with Crippen molar-refractivity contribution in [3.8, 4) is 0 Å². The van der Waals surface area contributed by atoms with E-state index in [0.717, 1.165) is 38.5 Å². The molecule has 0 aromatic rings. The largest absolute Gasteiger partial charge is 0.394 e. The van der Waals surface area contributed by atoms with Gasteiger partial charge >= 0.3 is 0 Å². The van der Waals surface area contributed by atoms with E-state index in [1.54, 1.807) is 0 Å². The standard InChI is InChI=1S/C26H44O7/c1-7-24(4)12-8-17-25(5,33-24)13-9-16-23(2,3)11-10-18(26(16,17)6)32-22-21(30)20(29)19(28)15(14-27)31-22/h7,15-22,27-30H,1,8-14H2,2-6H3. The summed E-state index contributed by atoms with van der Waals surface area (Å²) >= 11 is 0. The van der Waals surface area contributed by atoms with Gasteiger partial charge in [-0.05, 0) is 69.6 Å². The smallest absolute Gasteiger partial charge is 0.186 e. The van der Waals surface area contributed by atoms with Crippen LogP contribution in [0.1, 0.15) is 73.1 Å². The van der Waals surface area contributed by atoms with E-state index < -0.39 is 37.3 Å². The minimum absolute atomic E-state index is 0.143. The number of aliphatic hydroxyl groups excluding tert-OH is 4. The first-order valence-corrected chi connectivity index (χ1v) is 12.6. The Morgan fingerprint density at radius 3 is 2.21 bits per heavy atom. The molecule has 2 aliphatic heterocycles. The normalized spacial score (nSPS) is 54.2. The summed E-state index contributed by atoms with van der Waals surface area (Å²) in [6.45, 7) is 14.9. The van der Waals surface area contributed by atoms with Crippen LogP contribution >= 0.6 is 0 Å². The van der Waals surface area contributed by atoms with E-state index in [1.807, 2.05) is 6.08 Å². The molecule has 11 atom stereocenters. The highest BCUT2D eigenvalue weighted by Gasteiger charge is 2.65. The molecule has 4 rings (SSSR count). The highest BCUT2D eigenvalue weighted by Crippen LogP contribution is 2.66. The topological polar surface area (TPSA) is 109 Å². The van der Waals surface area contributed by atoms with Gasteiger partial charge in [0.25, 0.3) is 0 Å². The molecule has 0 aromatic carbocycles. The van der Waals surface area contributed by atoms with Gasteiger partial charge in [0.05, 0.1) is 23.9 Å². The summed E-state index contributed by atoms with van der Waals surface area (Å²) in [6.07, 6.45) is 1.12. The number of fused-ring (bicyclic) bond motifs is 3. The van der Waals surface area contributed by atoms with Crippen molar-refractivity contribution in [1.82, 2.24) is 0 Å². The molecule has 2 saturated heterocycles. The maximum Gasteiger partial charge on any atom is 0.186 e. The number of rotatable bonds is 4. The zero-order valence-corrected chi connectivity index (χ0v) is 20.9. The molecule has 4 aliphatic rings. The van der Waals surface area contributed by atoms with Gasteiger partial charge in [-0.3, -0.25) is 0 Å². The first kappa shape index (κ1) is 25.5. The third-order valence-corrected chi connectivity index (χ3v) is 9.83. The highest BCUT2D eigenvalue weighted by molar-refractivity contribution is 5.15. The SMILES string of the molecule is C=CC1(C)CCC2C(C)(CCC3C(C)(C)CCC(OC4OC(CO)C(O)C(O)C4O)C32C)O1. The lowest BCUT2D eigenvalue weighted by Gasteiger charge is -2.67. The summed E-state index contributed by atoms with van der Waals surface area (Å²) in [4.78, 5) is 0. The summed E-state index contributed by atoms with van der Waals surface area (Å²) in [5.41, 5.74) is -0.732. The number of ether oxygens (including phenoxy) is 3. The number of hydrogen-bond donors (Lipinski definition) is 4. The Hall–Kier alpha value is -0.540. The first-order chi connectivity index (χ1) is 15.3. The molecule has 7 nitrogen and oxygen atoms in total. The van der Waals surface area contributed by atoms with Crippen molar-refractivity contribution in [2.24, 2.45) is 22.7 Å². The minimum Gasteiger partial charge on any atom is -0.394 e. The van der Waals surface area contributed by atoms with Crippen molar-refractivity contribution in [2.75, 3.05) is 6.61 Å². The van der Waals surface area contributed by atoms with E-state index >= 15 is 0 Å². The predicted octanol–water partition coefficient (Wildman–Crippen LogP) is 2.54. The van der Waals surface area contributed by atoms with E-state index in [1.165, 1.54) is 0 Å². The van der Waals surface area contributed by atoms with Crippen LogP contribution in [-0.2, 0) is 14.2 Å². The molecule has 0 radical (unpaired) electrons. The Balaban J connectivity index is 1.66. The van der Waals surface area contributed by atoms with Gasteiger partial charge < -0.3 is 34.6 Å². The molecule has 0 aromatic heterocycles. The predicted molar refractivity (Wildman–Crippen MR) is 123 cm³/mol. The van der Waals surface area contributed by atoms with E-state index in [2.05, 4.69) is 41.2 Å². The Kier molecular flexibility index (Phi) is 6.61. The van der Waals surface area contributed by atoms with Crippen LogP contribution in [0, 0.1) is 22.7 Å². The van der Waals surface area contributed by atoms with E-state index in [4.69, 9.17) is 14.2 Å². The lowest BCUT2D eigenvalue weighted by atomic mass is 9.43. The molecular formula is C26H44O7. The first-order valence-electron chi connectivity index (χ1n) is 12.6. The van der Waals surface area contributed by atoms with Crippen molar-refractivity contribution in [2.45, 2.75) is 121 Å². The van der Waals surface area contributed by atoms with Crippen molar-refractivity contribution < 1.29 is 34.6 Å². The van der Waals surface area contributed by atoms with Crippen LogP contribution in [0.15, 0.2) is 12.7 Å². The number of aliphatic hydroxyl groups is 4. The molecule has 0 bridgehead atoms. The van der Waals surface area contributed by atoms with Gasteiger partial charge in [0.2, 0.25) is 0 Å². The molecule has 0 amide bonds. The molecule has 2 heterocycles. The fraction of sp³-hybridized carbons (Fsp3) is 0.923. The third-order valence-electron chi connectivity index (χ3n) is 9.83. The second kappa shape index (κ2) is 8.54. The van der Waals surface area contributed by atoms with Crippen LogP contribution in [0.25, 0.3) is 0 Å². The quantitative estimate of drug-likeness (QED) is 0.470. The molecular weight excluding hydrogens is 424 g/mol. The molecule has 190 valence electrons. The van der Waals surface area contributed by atoms with Crippen molar-refractivity contribution in [3.05, 3.63) is 12.7 Å². The maximum atomic E-state index is 10.6. The second-order valence-corrected chi connectivity index (χ2v) is 12.3. The van der Waals surface area contributed by atoms with E-state index in [-0.39, 0.29) is 34.1 Å². The van der Waals surface area contributed by atoms with Gasteiger partial charge in [-0.15, -0.1) is 6.58 Å². The zero-order chi connectivity index (χ0) is 24.4. The Bertz CT molecular complexity index is 740. The fourth-order valence-electron chi connectivity index (χ4n) is 7.94. The summed E-state index contributed by atoms with van der Waals surface area (Å²) < 4.78 is 19.0. The fourth-order valence-corrected chi connectivity index (χ4v) is 7.94. The summed E-state index contributed by atoms with van der Waals surface area (Å²) in [6, 6.07) is 0. The number of hydrogen-bond acceptors (Lipinski definition) is 7. The molecule has 2 aliphatic carbocycles. The van der Waals surface area contributed by atoms with Crippen LogP contribution in [0.3, 0.4) is 0 Å². The van der Waals surface area contributed by atoms with Gasteiger partial charge in [-0.25, -0.2) is 0 Å². The van der Waals surface area contributed by atoms with Gasteiger partial charge in [-0.1, -0.05) is 26.8 Å². The molecule has 0 spiro atoms. The zero-order valence-electron chi connectivity index (χ0n) is 20.9. The average Bonchev–Trinajstić information content (AvgIpc) is 2.75. The third kappa shape index (κ3) is 4.02.